The van der Waals surface area contributed by atoms with E-state index in [1.807, 2.05) is 0 Å². The lowest BCUT2D eigenvalue weighted by molar-refractivity contribution is 0.0838. The van der Waals surface area contributed by atoms with E-state index in [1.165, 1.54) is 0 Å². The summed E-state index contributed by atoms with van der Waals surface area (Å²) in [5.74, 6) is 1.40. The third-order valence-corrected chi connectivity index (χ3v) is 14.0. The highest BCUT2D eigenvalue weighted by Crippen LogP contribution is 2.54. The van der Waals surface area contributed by atoms with Gasteiger partial charge in [-0.1, -0.05) is 0 Å². The zero-order valence-electron chi connectivity index (χ0n) is 20.0. The van der Waals surface area contributed by atoms with E-state index in [2.05, 4.69) is 8.37 Å². The van der Waals surface area contributed by atoms with Crippen LogP contribution in [0.5, 0.6) is 0 Å². The van der Waals surface area contributed by atoms with Gasteiger partial charge >= 0.3 is 0 Å². The molecular formula is C20H32O13S4. The van der Waals surface area contributed by atoms with Crippen LogP contribution in [0.15, 0.2) is 0 Å². The summed E-state index contributed by atoms with van der Waals surface area (Å²) in [6.07, 6.45) is 6.52. The van der Waals surface area contributed by atoms with Crippen molar-refractivity contribution < 1.29 is 55.1 Å². The van der Waals surface area contributed by atoms with Crippen molar-refractivity contribution in [2.45, 2.75) is 86.3 Å². The van der Waals surface area contributed by atoms with E-state index in [9.17, 15) is 33.7 Å². The lowest BCUT2D eigenvalue weighted by atomic mass is 9.98. The Kier molecular flexibility index (Phi) is 7.77. The number of hydrogen-bond acceptors (Lipinski definition) is 13. The number of ether oxygens (including phenoxy) is 1. The molecule has 0 amide bonds. The molecule has 4 bridgehead atoms. The summed E-state index contributed by atoms with van der Waals surface area (Å²) in [5.41, 5.74) is 0. The normalized spacial score (nSPS) is 45.2. The van der Waals surface area contributed by atoms with E-state index in [0.717, 1.165) is 38.5 Å². The Labute approximate surface area is 218 Å². The first kappa shape index (κ1) is 28.1. The van der Waals surface area contributed by atoms with Gasteiger partial charge in [-0.15, -0.1) is 0 Å². The van der Waals surface area contributed by atoms with Crippen LogP contribution in [0.4, 0.5) is 0 Å². The molecule has 8 unspecified atom stereocenters. The van der Waals surface area contributed by atoms with E-state index >= 15 is 0 Å². The summed E-state index contributed by atoms with van der Waals surface area (Å²) in [4.78, 5) is 0. The Hall–Kier alpha value is -0.400. The van der Waals surface area contributed by atoms with Crippen LogP contribution in [0.3, 0.4) is 0 Å². The van der Waals surface area contributed by atoms with Crippen LogP contribution in [-0.4, -0.2) is 93.3 Å². The van der Waals surface area contributed by atoms with Crippen LogP contribution in [0.2, 0.25) is 0 Å². The minimum atomic E-state index is -3.26. The second kappa shape index (κ2) is 10.2. The molecule has 2 aliphatic carbocycles. The van der Waals surface area contributed by atoms with Gasteiger partial charge in [0.05, 0.1) is 42.2 Å². The standard InChI is InChI=1S/C7H10O3S.C6H8O4S.C4H8O3S.C3H6O3S/c8-11(9)7-3-4-1-5(7)6(2-4)10-11;7-11(8)5-2-3-1-4(10-11)6(5)9-3;5-8(6)4-2-1-3-7-8;4-7(5)3-1-2-6-7/h4-7H,1-3H2;3-6H,1-2H2;1-4H2;1-3H2. The average molecular weight is 609 g/mol. The van der Waals surface area contributed by atoms with Gasteiger partial charge in [0.1, 0.15) is 17.5 Å². The van der Waals surface area contributed by atoms with E-state index in [-0.39, 0.29) is 46.4 Å². The Morgan fingerprint density at radius 1 is 0.568 bits per heavy atom. The maximum Gasteiger partial charge on any atom is 0.273 e. The predicted molar refractivity (Wildman–Crippen MR) is 127 cm³/mol. The minimum absolute atomic E-state index is 0.0590. The molecule has 37 heavy (non-hydrogen) atoms. The molecule has 2 saturated carbocycles. The number of rotatable bonds is 0. The zero-order chi connectivity index (χ0) is 26.6. The monoisotopic (exact) mass is 608 g/mol. The Morgan fingerprint density at radius 2 is 1.19 bits per heavy atom. The third kappa shape index (κ3) is 6.19. The van der Waals surface area contributed by atoms with Gasteiger partial charge in [-0.25, -0.2) is 0 Å². The molecule has 214 valence electrons. The van der Waals surface area contributed by atoms with Crippen LogP contribution >= 0.6 is 0 Å². The first-order valence-corrected chi connectivity index (χ1v) is 18.6. The van der Waals surface area contributed by atoms with Gasteiger partial charge in [0.15, 0.2) is 0 Å². The van der Waals surface area contributed by atoms with Crippen LogP contribution in [-0.2, 0) is 61.9 Å². The summed E-state index contributed by atoms with van der Waals surface area (Å²) >= 11 is 0. The van der Waals surface area contributed by atoms with Crippen molar-refractivity contribution in [1.82, 2.24) is 0 Å². The molecule has 0 radical (unpaired) electrons. The summed E-state index contributed by atoms with van der Waals surface area (Å²) in [5, 5.41) is -0.488. The molecule has 13 nitrogen and oxygen atoms in total. The van der Waals surface area contributed by atoms with Crippen molar-refractivity contribution >= 4 is 40.5 Å². The summed E-state index contributed by atoms with van der Waals surface area (Å²) < 4.78 is 110. The molecule has 8 aliphatic rings. The van der Waals surface area contributed by atoms with Crippen LogP contribution in [0, 0.1) is 11.8 Å². The van der Waals surface area contributed by atoms with Gasteiger partial charge in [-0.05, 0) is 50.9 Å². The Bertz CT molecular complexity index is 1200. The summed E-state index contributed by atoms with van der Waals surface area (Å²) in [6, 6.07) is 0. The van der Waals surface area contributed by atoms with Crippen LogP contribution in [0.1, 0.15) is 51.4 Å². The van der Waals surface area contributed by atoms with E-state index in [0.29, 0.717) is 37.9 Å². The fourth-order valence-electron chi connectivity index (χ4n) is 6.27. The third-order valence-electron chi connectivity index (χ3n) is 7.87. The largest absolute Gasteiger partial charge is 0.371 e. The molecule has 6 saturated heterocycles. The lowest BCUT2D eigenvalue weighted by Gasteiger charge is -2.11. The maximum atomic E-state index is 11.3. The zero-order valence-corrected chi connectivity index (χ0v) is 23.3. The SMILES string of the molecule is O=S1(=O)CCCCO1.O=S1(=O)CCCO1.O=S1(=O)OC2CC3CC1C2O3.O=S1(=O)OC2CC3CC2C1C3. The Morgan fingerprint density at radius 3 is 1.59 bits per heavy atom. The highest BCUT2D eigenvalue weighted by atomic mass is 32.2. The van der Waals surface area contributed by atoms with Crippen molar-refractivity contribution in [3.8, 4) is 0 Å². The van der Waals surface area contributed by atoms with Gasteiger partial charge in [0.25, 0.3) is 40.5 Å². The average Bonchev–Trinajstić information content (AvgIpc) is 3.61. The number of hydrogen-bond donors (Lipinski definition) is 0. The van der Waals surface area contributed by atoms with Crippen molar-refractivity contribution in [3.63, 3.8) is 0 Å². The topological polar surface area (TPSA) is 183 Å². The van der Waals surface area contributed by atoms with Crippen LogP contribution < -0.4 is 0 Å². The molecule has 0 spiro atoms. The first-order chi connectivity index (χ1) is 17.2. The quantitative estimate of drug-likeness (QED) is 0.336. The van der Waals surface area contributed by atoms with Gasteiger partial charge in [-0.3, -0.25) is 16.7 Å². The second-order valence-corrected chi connectivity index (χ2v) is 17.6. The first-order valence-electron chi connectivity index (χ1n) is 12.5. The van der Waals surface area contributed by atoms with E-state index < -0.39 is 40.5 Å². The molecule has 8 fully saturated rings. The number of fused-ring (bicyclic) bond motifs is 2. The fraction of sp³-hybridized carbons (Fsp3) is 1.00. The smallest absolute Gasteiger partial charge is 0.273 e. The molecule has 17 heteroatoms. The predicted octanol–water partition coefficient (Wildman–Crippen LogP) is 0.0214. The molecule has 8 atom stereocenters. The molecule has 8 rings (SSSR count). The molecule has 6 aliphatic heterocycles. The molecule has 6 heterocycles. The summed E-state index contributed by atoms with van der Waals surface area (Å²) in [7, 11) is -12.5. The minimum Gasteiger partial charge on any atom is -0.371 e. The maximum absolute atomic E-state index is 11.3. The molecule has 0 N–H and O–H groups in total. The van der Waals surface area contributed by atoms with Crippen molar-refractivity contribution in [1.29, 1.82) is 0 Å². The second-order valence-electron chi connectivity index (χ2n) is 10.5. The Balaban J connectivity index is 0.000000103. The van der Waals surface area contributed by atoms with Gasteiger partial charge in [0.2, 0.25) is 0 Å². The molecule has 0 aromatic rings. The van der Waals surface area contributed by atoms with Gasteiger partial charge in [0, 0.05) is 12.3 Å². The van der Waals surface area contributed by atoms with Crippen molar-refractivity contribution in [2.24, 2.45) is 11.8 Å². The molecular weight excluding hydrogens is 576 g/mol. The highest BCUT2D eigenvalue weighted by Gasteiger charge is 2.61. The van der Waals surface area contributed by atoms with Crippen LogP contribution in [0.25, 0.3) is 0 Å². The van der Waals surface area contributed by atoms with Gasteiger partial charge in [-0.2, -0.15) is 33.7 Å². The summed E-state index contributed by atoms with van der Waals surface area (Å²) in [6.45, 7) is 0.755. The van der Waals surface area contributed by atoms with Crippen molar-refractivity contribution in [2.75, 3.05) is 24.7 Å². The molecule has 0 aromatic heterocycles. The van der Waals surface area contributed by atoms with E-state index in [4.69, 9.17) is 13.1 Å². The lowest BCUT2D eigenvalue weighted by Crippen LogP contribution is -2.27. The molecule has 0 aromatic carbocycles. The highest BCUT2D eigenvalue weighted by molar-refractivity contribution is 7.88. The van der Waals surface area contributed by atoms with Crippen molar-refractivity contribution in [3.05, 3.63) is 0 Å². The fourth-order valence-corrected chi connectivity index (χ4v) is 11.9. The van der Waals surface area contributed by atoms with E-state index in [1.54, 1.807) is 0 Å². The van der Waals surface area contributed by atoms with Gasteiger partial charge < -0.3 is 4.74 Å².